The summed E-state index contributed by atoms with van der Waals surface area (Å²) in [5.41, 5.74) is 0.158. The maximum absolute atomic E-state index is 12.4. The lowest BCUT2D eigenvalue weighted by molar-refractivity contribution is 0.0544. The predicted octanol–water partition coefficient (Wildman–Crippen LogP) is 3.67. The van der Waals surface area contributed by atoms with Crippen molar-refractivity contribution in [1.82, 2.24) is 4.57 Å². The van der Waals surface area contributed by atoms with Crippen molar-refractivity contribution in [2.75, 3.05) is 13.3 Å². The van der Waals surface area contributed by atoms with Gasteiger partial charge in [-0.15, -0.1) is 0 Å². The van der Waals surface area contributed by atoms with E-state index in [9.17, 15) is 9.36 Å². The lowest BCUT2D eigenvalue weighted by atomic mass is 10.2. The van der Waals surface area contributed by atoms with Gasteiger partial charge in [-0.25, -0.2) is 4.79 Å². The molecule has 0 N–H and O–H groups in total. The molecule has 0 unspecified atom stereocenters. The van der Waals surface area contributed by atoms with Crippen LogP contribution in [0.4, 0.5) is 4.79 Å². The van der Waals surface area contributed by atoms with E-state index in [4.69, 9.17) is 4.74 Å². The Morgan fingerprint density at radius 2 is 1.80 bits per heavy atom. The van der Waals surface area contributed by atoms with Crippen molar-refractivity contribution in [3.05, 3.63) is 30.5 Å². The highest BCUT2D eigenvalue weighted by molar-refractivity contribution is 7.70. The Balaban J connectivity index is 2.61. The van der Waals surface area contributed by atoms with Gasteiger partial charge in [-0.1, -0.05) is 18.2 Å². The summed E-state index contributed by atoms with van der Waals surface area (Å²) in [6.45, 7) is 8.87. The molecule has 4 nitrogen and oxygen atoms in total. The van der Waals surface area contributed by atoms with Crippen molar-refractivity contribution in [1.29, 1.82) is 0 Å². The number of ether oxygens (including phenoxy) is 1. The molecule has 0 saturated heterocycles. The van der Waals surface area contributed by atoms with Gasteiger partial charge in [0.15, 0.2) is 0 Å². The lowest BCUT2D eigenvalue weighted by Gasteiger charge is -2.19. The standard InChI is InChI=1S/C15H20NO3P/c1-15(2,3)19-14(17)16-10-13(20(4,5)18)11-8-6-7-9-12(11)16/h6-10H,1-5H3. The Morgan fingerprint density at radius 1 is 1.20 bits per heavy atom. The molecule has 1 aromatic carbocycles. The van der Waals surface area contributed by atoms with E-state index in [1.165, 1.54) is 4.57 Å². The van der Waals surface area contributed by atoms with Crippen LogP contribution in [0.5, 0.6) is 0 Å². The zero-order chi connectivity index (χ0) is 15.1. The molecule has 5 heteroatoms. The Morgan fingerprint density at radius 3 is 2.35 bits per heavy atom. The maximum Gasteiger partial charge on any atom is 0.419 e. The molecule has 0 atom stereocenters. The Labute approximate surface area is 119 Å². The number of carbonyl (C=O) groups is 1. The van der Waals surface area contributed by atoms with E-state index in [1.54, 1.807) is 19.5 Å². The van der Waals surface area contributed by atoms with Crippen molar-refractivity contribution < 1.29 is 14.1 Å². The fraction of sp³-hybridized carbons (Fsp3) is 0.400. The zero-order valence-electron chi connectivity index (χ0n) is 12.5. The summed E-state index contributed by atoms with van der Waals surface area (Å²) in [6, 6.07) is 7.44. The van der Waals surface area contributed by atoms with E-state index in [1.807, 2.05) is 45.0 Å². The van der Waals surface area contributed by atoms with Gasteiger partial charge in [0.1, 0.15) is 12.7 Å². The Hall–Kier alpha value is -1.54. The lowest BCUT2D eigenvalue weighted by Crippen LogP contribution is -2.26. The minimum absolute atomic E-state index is 0.451. The summed E-state index contributed by atoms with van der Waals surface area (Å²) < 4.78 is 19.2. The Bertz CT molecular complexity index is 703. The summed E-state index contributed by atoms with van der Waals surface area (Å²) >= 11 is 0. The van der Waals surface area contributed by atoms with E-state index in [-0.39, 0.29) is 0 Å². The number of para-hydroxylation sites is 1. The summed E-state index contributed by atoms with van der Waals surface area (Å²) in [5.74, 6) is 0. The van der Waals surface area contributed by atoms with E-state index in [0.29, 0.717) is 5.30 Å². The molecule has 2 rings (SSSR count). The summed E-state index contributed by atoms with van der Waals surface area (Å²) in [7, 11) is -2.46. The van der Waals surface area contributed by atoms with Crippen LogP contribution in [0.25, 0.3) is 10.9 Å². The summed E-state index contributed by atoms with van der Waals surface area (Å²) in [5, 5.41) is 1.55. The topological polar surface area (TPSA) is 48.3 Å². The fourth-order valence-electron chi connectivity index (χ4n) is 2.05. The van der Waals surface area contributed by atoms with Gasteiger partial charge < -0.3 is 9.30 Å². The highest BCUT2D eigenvalue weighted by Crippen LogP contribution is 2.38. The number of rotatable bonds is 1. The third-order valence-corrected chi connectivity index (χ3v) is 4.38. The first-order valence-electron chi connectivity index (χ1n) is 6.48. The molecule has 0 amide bonds. The van der Waals surface area contributed by atoms with Gasteiger partial charge in [0, 0.05) is 16.9 Å². The van der Waals surface area contributed by atoms with Crippen LogP contribution >= 0.6 is 7.14 Å². The minimum Gasteiger partial charge on any atom is -0.443 e. The second-order valence-electron chi connectivity index (χ2n) is 6.23. The van der Waals surface area contributed by atoms with Crippen LogP contribution in [0.1, 0.15) is 20.8 Å². The number of carbonyl (C=O) groups excluding carboxylic acids is 1. The molecule has 0 aliphatic heterocycles. The van der Waals surface area contributed by atoms with Crippen molar-refractivity contribution in [3.8, 4) is 0 Å². The summed E-state index contributed by atoms with van der Waals surface area (Å²) in [6.07, 6.45) is 1.19. The van der Waals surface area contributed by atoms with Crippen molar-refractivity contribution in [2.45, 2.75) is 26.4 Å². The van der Waals surface area contributed by atoms with Crippen LogP contribution in [0.3, 0.4) is 0 Å². The molecule has 20 heavy (non-hydrogen) atoms. The molecule has 108 valence electrons. The van der Waals surface area contributed by atoms with E-state index in [2.05, 4.69) is 0 Å². The van der Waals surface area contributed by atoms with Crippen molar-refractivity contribution in [2.24, 2.45) is 0 Å². The molecule has 0 spiro atoms. The normalized spacial score (nSPS) is 12.7. The van der Waals surface area contributed by atoms with Gasteiger partial charge in [0.05, 0.1) is 5.52 Å². The van der Waals surface area contributed by atoms with Crippen LogP contribution in [-0.2, 0) is 9.30 Å². The highest BCUT2D eigenvalue weighted by atomic mass is 31.2. The molecule has 1 aromatic heterocycles. The number of fused-ring (bicyclic) bond motifs is 1. The molecule has 0 aliphatic carbocycles. The monoisotopic (exact) mass is 293 g/mol. The van der Waals surface area contributed by atoms with E-state index < -0.39 is 18.8 Å². The fourth-order valence-corrected chi connectivity index (χ4v) is 3.22. The molecule has 0 saturated carbocycles. The average molecular weight is 293 g/mol. The number of benzene rings is 1. The molecule has 0 aliphatic rings. The van der Waals surface area contributed by atoms with Gasteiger partial charge in [-0.2, -0.15) is 0 Å². The average Bonchev–Trinajstić information content (AvgIpc) is 2.65. The van der Waals surface area contributed by atoms with Gasteiger partial charge in [0.25, 0.3) is 0 Å². The van der Waals surface area contributed by atoms with E-state index >= 15 is 0 Å². The molecule has 1 heterocycles. The Kier molecular flexibility index (Phi) is 3.55. The number of nitrogens with zero attached hydrogens (tertiary/aromatic N) is 1. The van der Waals surface area contributed by atoms with E-state index in [0.717, 1.165) is 10.9 Å². The molecular formula is C15H20NO3P. The summed E-state index contributed by atoms with van der Waals surface area (Å²) in [4.78, 5) is 12.3. The van der Waals surface area contributed by atoms with Crippen LogP contribution in [0, 0.1) is 0 Å². The maximum atomic E-state index is 12.4. The van der Waals surface area contributed by atoms with Crippen LogP contribution in [0.15, 0.2) is 30.5 Å². The molecule has 0 radical (unpaired) electrons. The number of hydrogen-bond acceptors (Lipinski definition) is 3. The first-order valence-corrected chi connectivity index (χ1v) is 9.09. The first kappa shape index (κ1) is 14.9. The third kappa shape index (κ3) is 2.96. The van der Waals surface area contributed by atoms with Gasteiger partial charge in [0.2, 0.25) is 0 Å². The smallest absolute Gasteiger partial charge is 0.419 e. The zero-order valence-corrected chi connectivity index (χ0v) is 13.4. The molecule has 0 fully saturated rings. The van der Waals surface area contributed by atoms with Crippen molar-refractivity contribution >= 4 is 29.4 Å². The molecule has 2 aromatic rings. The van der Waals surface area contributed by atoms with Crippen molar-refractivity contribution in [3.63, 3.8) is 0 Å². The second-order valence-corrected chi connectivity index (χ2v) is 9.42. The minimum atomic E-state index is -2.46. The largest absolute Gasteiger partial charge is 0.443 e. The highest BCUT2D eigenvalue weighted by Gasteiger charge is 2.24. The number of hydrogen-bond donors (Lipinski definition) is 0. The SMILES string of the molecule is CC(C)(C)OC(=O)n1cc(P(C)(C)=O)c2ccccc21. The van der Waals surface area contributed by atoms with Gasteiger partial charge in [-0.3, -0.25) is 4.57 Å². The van der Waals surface area contributed by atoms with Crippen LogP contribution in [-0.4, -0.2) is 29.6 Å². The van der Waals surface area contributed by atoms with Crippen LogP contribution in [0.2, 0.25) is 0 Å². The van der Waals surface area contributed by atoms with Gasteiger partial charge >= 0.3 is 6.09 Å². The molecular weight excluding hydrogens is 273 g/mol. The third-order valence-electron chi connectivity index (χ3n) is 2.86. The molecule has 0 bridgehead atoms. The first-order chi connectivity index (χ1) is 9.09. The second kappa shape index (κ2) is 4.78. The van der Waals surface area contributed by atoms with Gasteiger partial charge in [-0.05, 0) is 40.2 Å². The predicted molar refractivity (Wildman–Crippen MR) is 82.7 cm³/mol. The number of aromatic nitrogens is 1. The quantitative estimate of drug-likeness (QED) is 0.754. The van der Waals surface area contributed by atoms with Crippen LogP contribution < -0.4 is 5.30 Å².